The highest BCUT2D eigenvalue weighted by molar-refractivity contribution is 5.93. The van der Waals surface area contributed by atoms with Crippen LogP contribution in [0.25, 0.3) is 0 Å². The zero-order valence-electron chi connectivity index (χ0n) is 11.3. The zero-order chi connectivity index (χ0) is 14.5. The predicted octanol–water partition coefficient (Wildman–Crippen LogP) is 2.08. The summed E-state index contributed by atoms with van der Waals surface area (Å²) in [4.78, 5) is 22.8. The number of benzene rings is 1. The summed E-state index contributed by atoms with van der Waals surface area (Å²) in [7, 11) is 0. The Morgan fingerprint density at radius 3 is 2.55 bits per heavy atom. The first-order valence-electron chi connectivity index (χ1n) is 6.20. The molecule has 1 heterocycles. The number of hydrogen-bond donors (Lipinski definition) is 1. The highest BCUT2D eigenvalue weighted by Gasteiger charge is 2.10. The van der Waals surface area contributed by atoms with Crippen molar-refractivity contribution in [1.82, 2.24) is 9.78 Å². The zero-order valence-corrected chi connectivity index (χ0v) is 11.3. The smallest absolute Gasteiger partial charge is 0.343 e. The summed E-state index contributed by atoms with van der Waals surface area (Å²) >= 11 is 0. The summed E-state index contributed by atoms with van der Waals surface area (Å²) in [6.45, 7) is 4.08. The average Bonchev–Trinajstić information content (AvgIpc) is 2.86. The summed E-state index contributed by atoms with van der Waals surface area (Å²) in [5, 5.41) is 6.65. The van der Waals surface area contributed by atoms with E-state index in [4.69, 9.17) is 4.74 Å². The third-order valence-electron chi connectivity index (χ3n) is 2.59. The third-order valence-corrected chi connectivity index (χ3v) is 2.59. The molecule has 0 aliphatic carbocycles. The van der Waals surface area contributed by atoms with Crippen molar-refractivity contribution in [3.63, 3.8) is 0 Å². The Balaban J connectivity index is 2.03. The van der Waals surface area contributed by atoms with Gasteiger partial charge in [0.25, 0.3) is 0 Å². The first-order chi connectivity index (χ1) is 9.58. The number of rotatable bonds is 4. The number of anilines is 1. The van der Waals surface area contributed by atoms with Crippen LogP contribution in [0, 0.1) is 0 Å². The molecule has 2 aromatic rings. The van der Waals surface area contributed by atoms with Gasteiger partial charge in [-0.15, -0.1) is 0 Å². The maximum Gasteiger partial charge on any atom is 0.343 e. The van der Waals surface area contributed by atoms with E-state index in [-0.39, 0.29) is 5.91 Å². The number of aryl methyl sites for hydroxylation is 1. The van der Waals surface area contributed by atoms with Crippen LogP contribution in [0.15, 0.2) is 36.7 Å². The van der Waals surface area contributed by atoms with Gasteiger partial charge in [0.1, 0.15) is 0 Å². The number of amides is 1. The molecule has 0 fully saturated rings. The second kappa shape index (κ2) is 6.01. The van der Waals surface area contributed by atoms with Crippen molar-refractivity contribution in [3.8, 4) is 5.75 Å². The molecule has 6 heteroatoms. The lowest BCUT2D eigenvalue weighted by Crippen LogP contribution is -2.09. The van der Waals surface area contributed by atoms with E-state index in [0.29, 0.717) is 23.5 Å². The van der Waals surface area contributed by atoms with Gasteiger partial charge in [0, 0.05) is 19.2 Å². The molecule has 0 aliphatic heterocycles. The van der Waals surface area contributed by atoms with E-state index < -0.39 is 5.97 Å². The molecular weight excluding hydrogens is 258 g/mol. The standard InChI is InChI=1S/C14H15N3O3/c1-3-17-9-13(8-15-17)20-14(19)11-4-6-12(7-5-11)16-10(2)18/h4-9H,3H2,1-2H3,(H,16,18). The van der Waals surface area contributed by atoms with Crippen molar-refractivity contribution in [2.75, 3.05) is 5.32 Å². The highest BCUT2D eigenvalue weighted by atomic mass is 16.5. The predicted molar refractivity (Wildman–Crippen MR) is 73.6 cm³/mol. The Labute approximate surface area is 116 Å². The van der Waals surface area contributed by atoms with E-state index in [9.17, 15) is 9.59 Å². The molecular formula is C14H15N3O3. The molecule has 20 heavy (non-hydrogen) atoms. The molecule has 1 aromatic carbocycles. The van der Waals surface area contributed by atoms with Crippen LogP contribution in [0.3, 0.4) is 0 Å². The van der Waals surface area contributed by atoms with Crippen molar-refractivity contribution in [2.45, 2.75) is 20.4 Å². The summed E-state index contributed by atoms with van der Waals surface area (Å²) in [5.74, 6) is -0.217. The van der Waals surface area contributed by atoms with Crippen LogP contribution in [-0.2, 0) is 11.3 Å². The molecule has 1 aromatic heterocycles. The Morgan fingerprint density at radius 2 is 2.00 bits per heavy atom. The van der Waals surface area contributed by atoms with Crippen LogP contribution in [0.1, 0.15) is 24.2 Å². The maximum absolute atomic E-state index is 11.9. The number of ether oxygens (including phenoxy) is 1. The minimum absolute atomic E-state index is 0.160. The van der Waals surface area contributed by atoms with Gasteiger partial charge in [-0.25, -0.2) is 4.79 Å². The molecule has 1 N–H and O–H groups in total. The number of nitrogens with zero attached hydrogens (tertiary/aromatic N) is 2. The fourth-order valence-corrected chi connectivity index (χ4v) is 1.63. The van der Waals surface area contributed by atoms with Crippen molar-refractivity contribution < 1.29 is 14.3 Å². The SMILES string of the molecule is CCn1cc(OC(=O)c2ccc(NC(C)=O)cc2)cn1. The Hall–Kier alpha value is -2.63. The fourth-order valence-electron chi connectivity index (χ4n) is 1.63. The Morgan fingerprint density at radius 1 is 1.30 bits per heavy atom. The van der Waals surface area contributed by atoms with E-state index in [2.05, 4.69) is 10.4 Å². The minimum atomic E-state index is -0.463. The molecule has 0 saturated heterocycles. The van der Waals surface area contributed by atoms with Gasteiger partial charge in [-0.05, 0) is 31.2 Å². The van der Waals surface area contributed by atoms with Gasteiger partial charge >= 0.3 is 5.97 Å². The van der Waals surface area contributed by atoms with Crippen LogP contribution in [-0.4, -0.2) is 21.7 Å². The highest BCUT2D eigenvalue weighted by Crippen LogP contribution is 2.14. The molecule has 0 atom stereocenters. The number of carbonyl (C=O) groups excluding carboxylic acids is 2. The second-order valence-electron chi connectivity index (χ2n) is 4.18. The second-order valence-corrected chi connectivity index (χ2v) is 4.18. The average molecular weight is 273 g/mol. The molecule has 0 saturated carbocycles. The molecule has 0 spiro atoms. The molecule has 6 nitrogen and oxygen atoms in total. The summed E-state index contributed by atoms with van der Waals surface area (Å²) < 4.78 is 6.86. The monoisotopic (exact) mass is 273 g/mol. The van der Waals surface area contributed by atoms with Gasteiger partial charge in [0.15, 0.2) is 5.75 Å². The lowest BCUT2D eigenvalue weighted by Gasteiger charge is -2.04. The van der Waals surface area contributed by atoms with Crippen molar-refractivity contribution in [2.24, 2.45) is 0 Å². The number of esters is 1. The largest absolute Gasteiger partial charge is 0.420 e. The summed E-state index contributed by atoms with van der Waals surface area (Å²) in [6.07, 6.45) is 3.15. The lowest BCUT2D eigenvalue weighted by atomic mass is 10.2. The van der Waals surface area contributed by atoms with Gasteiger partial charge in [-0.2, -0.15) is 5.10 Å². The van der Waals surface area contributed by atoms with Gasteiger partial charge in [-0.1, -0.05) is 0 Å². The molecule has 0 unspecified atom stereocenters. The molecule has 0 radical (unpaired) electrons. The van der Waals surface area contributed by atoms with E-state index >= 15 is 0 Å². The topological polar surface area (TPSA) is 73.2 Å². The van der Waals surface area contributed by atoms with Gasteiger partial charge in [-0.3, -0.25) is 9.48 Å². The Kier molecular flexibility index (Phi) is 4.14. The first kappa shape index (κ1) is 13.8. The Bertz CT molecular complexity index is 617. The van der Waals surface area contributed by atoms with E-state index in [1.807, 2.05) is 6.92 Å². The first-order valence-corrected chi connectivity index (χ1v) is 6.20. The van der Waals surface area contributed by atoms with Crippen LogP contribution in [0.4, 0.5) is 5.69 Å². The van der Waals surface area contributed by atoms with Crippen LogP contribution in [0.5, 0.6) is 5.75 Å². The van der Waals surface area contributed by atoms with Crippen LogP contribution < -0.4 is 10.1 Å². The maximum atomic E-state index is 11.9. The molecule has 2 rings (SSSR count). The minimum Gasteiger partial charge on any atom is -0.420 e. The third kappa shape index (κ3) is 3.44. The molecule has 104 valence electrons. The summed E-state index contributed by atoms with van der Waals surface area (Å²) in [5.41, 5.74) is 1.04. The lowest BCUT2D eigenvalue weighted by molar-refractivity contribution is -0.114. The van der Waals surface area contributed by atoms with Crippen molar-refractivity contribution in [1.29, 1.82) is 0 Å². The van der Waals surface area contributed by atoms with Crippen molar-refractivity contribution in [3.05, 3.63) is 42.2 Å². The van der Waals surface area contributed by atoms with Crippen molar-refractivity contribution >= 4 is 17.6 Å². The fraction of sp³-hybridized carbons (Fsp3) is 0.214. The van der Waals surface area contributed by atoms with Crippen LogP contribution >= 0.6 is 0 Å². The number of carbonyl (C=O) groups is 2. The quantitative estimate of drug-likeness (QED) is 0.865. The van der Waals surface area contributed by atoms with E-state index in [1.165, 1.54) is 13.1 Å². The van der Waals surface area contributed by atoms with Crippen LogP contribution in [0.2, 0.25) is 0 Å². The number of nitrogens with one attached hydrogen (secondary N) is 1. The van der Waals surface area contributed by atoms with E-state index in [1.54, 1.807) is 35.1 Å². The molecule has 0 aliphatic rings. The summed E-state index contributed by atoms with van der Waals surface area (Å²) in [6, 6.07) is 6.48. The normalized spacial score (nSPS) is 10.1. The van der Waals surface area contributed by atoms with Gasteiger partial charge in [0.05, 0.1) is 18.0 Å². The number of hydrogen-bond acceptors (Lipinski definition) is 4. The number of aromatic nitrogens is 2. The molecule has 1 amide bonds. The van der Waals surface area contributed by atoms with E-state index in [0.717, 1.165) is 0 Å². The molecule has 0 bridgehead atoms. The van der Waals surface area contributed by atoms with Gasteiger partial charge in [0.2, 0.25) is 5.91 Å². The van der Waals surface area contributed by atoms with Gasteiger partial charge < -0.3 is 10.1 Å².